The Balaban J connectivity index is 1.70. The number of anilines is 2. The Morgan fingerprint density at radius 2 is 2.16 bits per heavy atom. The minimum Gasteiger partial charge on any atom is -0.438 e. The molecule has 0 aliphatic rings. The van der Waals surface area contributed by atoms with Gasteiger partial charge in [-0.1, -0.05) is 12.1 Å². The number of nitrogens with one attached hydrogen (secondary N) is 2. The summed E-state index contributed by atoms with van der Waals surface area (Å²) in [5.74, 6) is 1.49. The lowest BCUT2D eigenvalue weighted by molar-refractivity contribution is -0.121. The highest BCUT2D eigenvalue weighted by molar-refractivity contribution is 9.10. The van der Waals surface area contributed by atoms with Crippen LogP contribution in [0.3, 0.4) is 0 Å². The molecule has 3 rings (SSSR count). The van der Waals surface area contributed by atoms with E-state index in [1.54, 1.807) is 25.5 Å². The van der Waals surface area contributed by atoms with Gasteiger partial charge in [0.05, 0.1) is 16.4 Å². The van der Waals surface area contributed by atoms with Gasteiger partial charge in [0, 0.05) is 19.3 Å². The van der Waals surface area contributed by atoms with Crippen LogP contribution in [0.4, 0.5) is 11.5 Å². The molecular weight excluding hydrogens is 388 g/mol. The van der Waals surface area contributed by atoms with Gasteiger partial charge in [0.25, 0.3) is 0 Å². The molecule has 9 heteroatoms. The van der Waals surface area contributed by atoms with Crippen molar-refractivity contribution in [2.45, 2.75) is 6.54 Å². The SMILES string of the molecule is CNC(=O)Cn1cc(Nc2cc(Oc3ccccc3Br)ncn2)cn1. The minimum atomic E-state index is -0.124. The molecule has 25 heavy (non-hydrogen) atoms. The van der Waals surface area contributed by atoms with Crippen LogP contribution in [0.2, 0.25) is 0 Å². The summed E-state index contributed by atoms with van der Waals surface area (Å²) in [5, 5.41) is 9.76. The highest BCUT2D eigenvalue weighted by atomic mass is 79.9. The zero-order valence-corrected chi connectivity index (χ0v) is 14.9. The highest BCUT2D eigenvalue weighted by Gasteiger charge is 2.07. The highest BCUT2D eigenvalue weighted by Crippen LogP contribution is 2.29. The molecule has 0 spiro atoms. The largest absolute Gasteiger partial charge is 0.438 e. The van der Waals surface area contributed by atoms with E-state index in [9.17, 15) is 4.79 Å². The lowest BCUT2D eigenvalue weighted by Gasteiger charge is -2.08. The van der Waals surface area contributed by atoms with E-state index in [1.165, 1.54) is 11.0 Å². The molecular formula is C16H15BrN6O2. The van der Waals surface area contributed by atoms with E-state index < -0.39 is 0 Å². The van der Waals surface area contributed by atoms with Crippen LogP contribution in [-0.2, 0) is 11.3 Å². The van der Waals surface area contributed by atoms with Gasteiger partial charge in [-0.25, -0.2) is 9.97 Å². The number of carbonyl (C=O) groups is 1. The van der Waals surface area contributed by atoms with Crippen LogP contribution in [0.25, 0.3) is 0 Å². The number of para-hydroxylation sites is 1. The summed E-state index contributed by atoms with van der Waals surface area (Å²) in [7, 11) is 1.58. The standard InChI is InChI=1S/C16H15BrN6O2/c1-18-15(24)9-23-8-11(7-21-23)22-14-6-16(20-10-19-14)25-13-5-3-2-4-12(13)17/h2-8,10H,9H2,1H3,(H,18,24)(H,19,20,22). The van der Waals surface area contributed by atoms with Crippen molar-refractivity contribution in [3.05, 3.63) is 53.5 Å². The molecule has 1 aromatic carbocycles. The monoisotopic (exact) mass is 402 g/mol. The van der Waals surface area contributed by atoms with Crippen molar-refractivity contribution in [1.29, 1.82) is 0 Å². The van der Waals surface area contributed by atoms with E-state index in [2.05, 4.69) is 41.6 Å². The second kappa shape index (κ2) is 7.75. The number of amides is 1. The number of nitrogens with zero attached hydrogens (tertiary/aromatic N) is 4. The molecule has 0 aliphatic heterocycles. The first-order valence-corrected chi connectivity index (χ1v) is 8.18. The molecule has 0 saturated carbocycles. The number of benzene rings is 1. The first-order valence-electron chi connectivity index (χ1n) is 7.38. The molecule has 0 atom stereocenters. The molecule has 1 amide bonds. The zero-order valence-electron chi connectivity index (χ0n) is 13.3. The molecule has 2 heterocycles. The fourth-order valence-electron chi connectivity index (χ4n) is 1.99. The van der Waals surface area contributed by atoms with Gasteiger partial charge >= 0.3 is 0 Å². The molecule has 0 unspecified atom stereocenters. The third kappa shape index (κ3) is 4.54. The van der Waals surface area contributed by atoms with Crippen molar-refractivity contribution >= 4 is 33.3 Å². The van der Waals surface area contributed by atoms with Crippen LogP contribution in [0, 0.1) is 0 Å². The quantitative estimate of drug-likeness (QED) is 0.658. The number of carbonyl (C=O) groups excluding carboxylic acids is 1. The molecule has 0 aliphatic carbocycles. The van der Waals surface area contributed by atoms with E-state index >= 15 is 0 Å². The van der Waals surface area contributed by atoms with E-state index in [1.807, 2.05) is 24.3 Å². The molecule has 0 radical (unpaired) electrons. The van der Waals surface area contributed by atoms with Gasteiger partial charge in [0.15, 0.2) is 0 Å². The third-order valence-corrected chi connectivity index (χ3v) is 3.84. The maximum Gasteiger partial charge on any atom is 0.241 e. The predicted octanol–water partition coefficient (Wildman–Crippen LogP) is 2.72. The molecule has 3 aromatic rings. The van der Waals surface area contributed by atoms with Gasteiger partial charge in [0.2, 0.25) is 11.8 Å². The summed E-state index contributed by atoms with van der Waals surface area (Å²) in [6.45, 7) is 0.151. The molecule has 0 fully saturated rings. The van der Waals surface area contributed by atoms with E-state index in [-0.39, 0.29) is 12.5 Å². The predicted molar refractivity (Wildman–Crippen MR) is 95.8 cm³/mol. The molecule has 8 nitrogen and oxygen atoms in total. The molecule has 0 saturated heterocycles. The number of hydrogen-bond donors (Lipinski definition) is 2. The van der Waals surface area contributed by atoms with Gasteiger partial charge in [-0.3, -0.25) is 9.48 Å². The Hall–Kier alpha value is -2.94. The van der Waals surface area contributed by atoms with E-state index in [4.69, 9.17) is 4.74 Å². The lowest BCUT2D eigenvalue weighted by atomic mass is 10.3. The zero-order chi connectivity index (χ0) is 17.6. The first kappa shape index (κ1) is 16.9. The van der Waals surface area contributed by atoms with Crippen LogP contribution < -0.4 is 15.4 Å². The Morgan fingerprint density at radius 1 is 1.32 bits per heavy atom. The second-order valence-corrected chi connectivity index (χ2v) is 5.85. The Morgan fingerprint density at radius 3 is 2.96 bits per heavy atom. The summed E-state index contributed by atoms with van der Waals surface area (Å²) < 4.78 is 8.11. The van der Waals surface area contributed by atoms with Crippen LogP contribution >= 0.6 is 15.9 Å². The third-order valence-electron chi connectivity index (χ3n) is 3.18. The average Bonchev–Trinajstić information content (AvgIpc) is 3.04. The van der Waals surface area contributed by atoms with Crippen LogP contribution in [0.5, 0.6) is 11.6 Å². The van der Waals surface area contributed by atoms with Crippen molar-refractivity contribution in [2.24, 2.45) is 0 Å². The van der Waals surface area contributed by atoms with Gasteiger partial charge in [0.1, 0.15) is 24.4 Å². The van der Waals surface area contributed by atoms with Gasteiger partial charge < -0.3 is 15.4 Å². The van der Waals surface area contributed by atoms with Gasteiger partial charge in [-0.15, -0.1) is 0 Å². The molecule has 2 aromatic heterocycles. The summed E-state index contributed by atoms with van der Waals surface area (Å²) in [6, 6.07) is 9.18. The summed E-state index contributed by atoms with van der Waals surface area (Å²) in [6.07, 6.45) is 4.73. The molecule has 128 valence electrons. The van der Waals surface area contributed by atoms with Crippen molar-refractivity contribution < 1.29 is 9.53 Å². The Labute approximate surface area is 152 Å². The van der Waals surface area contributed by atoms with Crippen molar-refractivity contribution in [3.8, 4) is 11.6 Å². The van der Waals surface area contributed by atoms with Crippen LogP contribution in [0.15, 0.2) is 53.5 Å². The Kier molecular flexibility index (Phi) is 5.24. The van der Waals surface area contributed by atoms with Crippen molar-refractivity contribution in [3.63, 3.8) is 0 Å². The van der Waals surface area contributed by atoms with E-state index in [0.29, 0.717) is 23.1 Å². The summed E-state index contributed by atoms with van der Waals surface area (Å²) in [4.78, 5) is 19.6. The summed E-state index contributed by atoms with van der Waals surface area (Å²) in [5.41, 5.74) is 0.703. The normalized spacial score (nSPS) is 10.3. The molecule has 2 N–H and O–H groups in total. The maximum absolute atomic E-state index is 11.4. The topological polar surface area (TPSA) is 94.0 Å². The first-order chi connectivity index (χ1) is 12.1. The number of ether oxygens (including phenoxy) is 1. The van der Waals surface area contributed by atoms with Crippen LogP contribution in [0.1, 0.15) is 0 Å². The van der Waals surface area contributed by atoms with Crippen LogP contribution in [-0.4, -0.2) is 32.7 Å². The van der Waals surface area contributed by atoms with Crippen molar-refractivity contribution in [1.82, 2.24) is 25.1 Å². The van der Waals surface area contributed by atoms with E-state index in [0.717, 1.165) is 4.47 Å². The number of likely N-dealkylation sites (N-methyl/N-ethyl adjacent to an activating group) is 1. The smallest absolute Gasteiger partial charge is 0.241 e. The lowest BCUT2D eigenvalue weighted by Crippen LogP contribution is -2.23. The molecule has 0 bridgehead atoms. The number of aromatic nitrogens is 4. The fraction of sp³-hybridized carbons (Fsp3) is 0.125. The average molecular weight is 403 g/mol. The van der Waals surface area contributed by atoms with Gasteiger partial charge in [-0.2, -0.15) is 5.10 Å². The van der Waals surface area contributed by atoms with Crippen molar-refractivity contribution in [2.75, 3.05) is 12.4 Å². The number of rotatable bonds is 6. The van der Waals surface area contributed by atoms with Gasteiger partial charge in [-0.05, 0) is 28.1 Å². The minimum absolute atomic E-state index is 0.124. The number of halogens is 1. The summed E-state index contributed by atoms with van der Waals surface area (Å²) >= 11 is 3.43. The fourth-order valence-corrected chi connectivity index (χ4v) is 2.36. The number of hydrogen-bond acceptors (Lipinski definition) is 6. The Bertz CT molecular complexity index is 882. The maximum atomic E-state index is 11.4. The second-order valence-electron chi connectivity index (χ2n) is 5.00.